The Labute approximate surface area is 162 Å². The van der Waals surface area contributed by atoms with Gasteiger partial charge in [0.05, 0.1) is 6.21 Å². The first-order chi connectivity index (χ1) is 13.2. The zero-order valence-electron chi connectivity index (χ0n) is 14.4. The Bertz CT molecular complexity index is 897. The van der Waals surface area contributed by atoms with Gasteiger partial charge in [-0.05, 0) is 71.9 Å². The molecule has 0 heterocycles. The number of anilines is 1. The summed E-state index contributed by atoms with van der Waals surface area (Å²) in [6, 6.07) is 23.5. The molecule has 6 heteroatoms. The number of hydrogen-bond donors (Lipinski definition) is 2. The first-order valence-corrected chi connectivity index (χ1v) is 8.72. The summed E-state index contributed by atoms with van der Waals surface area (Å²) in [6.45, 7) is 0.527. The first-order valence-electron chi connectivity index (χ1n) is 8.31. The fraction of sp³-hybridized carbons (Fsp3) is 0.0476. The van der Waals surface area contributed by atoms with Crippen LogP contribution < -0.4 is 15.5 Å². The van der Waals surface area contributed by atoms with Crippen LogP contribution in [0.15, 0.2) is 84.0 Å². The summed E-state index contributed by atoms with van der Waals surface area (Å²) in [5, 5.41) is 7.32. The van der Waals surface area contributed by atoms with Crippen LogP contribution in [0.3, 0.4) is 0 Å². The minimum Gasteiger partial charge on any atom is -0.489 e. The van der Waals surface area contributed by atoms with Gasteiger partial charge in [0.2, 0.25) is 0 Å². The zero-order chi connectivity index (χ0) is 18.9. The Morgan fingerprint density at radius 1 is 0.963 bits per heavy atom. The minimum absolute atomic E-state index is 0.298. The fourth-order valence-corrected chi connectivity index (χ4v) is 2.42. The maximum absolute atomic E-state index is 12.9. The maximum atomic E-state index is 12.9. The van der Waals surface area contributed by atoms with Crippen molar-refractivity contribution in [1.82, 2.24) is 5.43 Å². The summed E-state index contributed by atoms with van der Waals surface area (Å²) < 4.78 is 18.6. The summed E-state index contributed by atoms with van der Waals surface area (Å²) in [4.78, 5) is 0. The van der Waals surface area contributed by atoms with Crippen LogP contribution in [0.2, 0.25) is 0 Å². The number of hydrazone groups is 1. The van der Waals surface area contributed by atoms with Gasteiger partial charge in [0, 0.05) is 5.69 Å². The van der Waals surface area contributed by atoms with Crippen LogP contribution in [0, 0.1) is 5.82 Å². The Balaban J connectivity index is 1.46. The number of ether oxygens (including phenoxy) is 1. The lowest BCUT2D eigenvalue weighted by Crippen LogP contribution is -2.23. The van der Waals surface area contributed by atoms with E-state index in [1.165, 1.54) is 12.1 Å². The monoisotopic (exact) mass is 379 g/mol. The molecule has 0 aromatic heterocycles. The molecule has 0 atom stereocenters. The first kappa shape index (κ1) is 18.5. The van der Waals surface area contributed by atoms with Gasteiger partial charge in [-0.1, -0.05) is 30.3 Å². The molecule has 0 aliphatic carbocycles. The predicted octanol–water partition coefficient (Wildman–Crippen LogP) is 4.73. The molecule has 3 aromatic carbocycles. The highest BCUT2D eigenvalue weighted by molar-refractivity contribution is 7.80. The standard InChI is InChI=1S/C21H18FN3OS/c22-18-8-10-19(11-9-18)24-21(27)25-23-14-16-6-12-20(13-7-16)26-15-17-4-2-1-3-5-17/h1-14H,15H2,(H2,24,25,27)/b23-14+. The van der Waals surface area contributed by atoms with E-state index in [1.54, 1.807) is 18.3 Å². The smallest absolute Gasteiger partial charge is 0.191 e. The molecule has 0 unspecified atom stereocenters. The lowest BCUT2D eigenvalue weighted by molar-refractivity contribution is 0.306. The Hall–Kier alpha value is -3.25. The minimum atomic E-state index is -0.298. The lowest BCUT2D eigenvalue weighted by atomic mass is 10.2. The van der Waals surface area contributed by atoms with Gasteiger partial charge in [0.25, 0.3) is 0 Å². The van der Waals surface area contributed by atoms with Gasteiger partial charge in [-0.2, -0.15) is 5.10 Å². The number of hydrogen-bond acceptors (Lipinski definition) is 3. The van der Waals surface area contributed by atoms with Gasteiger partial charge in [-0.25, -0.2) is 4.39 Å². The molecule has 0 aliphatic rings. The molecule has 27 heavy (non-hydrogen) atoms. The predicted molar refractivity (Wildman–Crippen MR) is 111 cm³/mol. The van der Waals surface area contributed by atoms with Crippen molar-refractivity contribution in [2.45, 2.75) is 6.61 Å². The Kier molecular flexibility index (Phi) is 6.49. The molecule has 3 aromatic rings. The number of benzene rings is 3. The van der Waals surface area contributed by atoms with Gasteiger partial charge in [0.1, 0.15) is 18.2 Å². The number of thiocarbonyl (C=S) groups is 1. The second kappa shape index (κ2) is 9.45. The van der Waals surface area contributed by atoms with Gasteiger partial charge in [0.15, 0.2) is 5.11 Å². The summed E-state index contributed by atoms with van der Waals surface area (Å²) in [6.07, 6.45) is 1.65. The molecule has 0 amide bonds. The van der Waals surface area contributed by atoms with Crippen molar-refractivity contribution in [3.8, 4) is 5.75 Å². The van der Waals surface area contributed by atoms with Crippen LogP contribution in [0.4, 0.5) is 10.1 Å². The average molecular weight is 379 g/mol. The van der Waals surface area contributed by atoms with Gasteiger partial charge in [-0.3, -0.25) is 5.43 Å². The third-order valence-corrected chi connectivity index (χ3v) is 3.80. The van der Waals surface area contributed by atoms with E-state index >= 15 is 0 Å². The Morgan fingerprint density at radius 2 is 1.67 bits per heavy atom. The third-order valence-electron chi connectivity index (χ3n) is 3.61. The van der Waals surface area contributed by atoms with Crippen LogP contribution in [-0.4, -0.2) is 11.3 Å². The highest BCUT2D eigenvalue weighted by Crippen LogP contribution is 2.13. The van der Waals surface area contributed by atoms with Crippen molar-refractivity contribution < 1.29 is 9.13 Å². The molecule has 3 rings (SSSR count). The molecule has 136 valence electrons. The van der Waals surface area contributed by atoms with E-state index in [4.69, 9.17) is 17.0 Å². The van der Waals surface area contributed by atoms with Gasteiger partial charge in [-0.15, -0.1) is 0 Å². The number of halogens is 1. The van der Waals surface area contributed by atoms with Gasteiger partial charge < -0.3 is 10.1 Å². The normalized spacial score (nSPS) is 10.6. The fourth-order valence-electron chi connectivity index (χ4n) is 2.25. The molecule has 0 spiro atoms. The van der Waals surface area contributed by atoms with E-state index in [1.807, 2.05) is 54.6 Å². The number of nitrogens with one attached hydrogen (secondary N) is 2. The van der Waals surface area contributed by atoms with Crippen LogP contribution in [0.1, 0.15) is 11.1 Å². The van der Waals surface area contributed by atoms with Gasteiger partial charge >= 0.3 is 0 Å². The van der Waals surface area contributed by atoms with E-state index in [2.05, 4.69) is 15.8 Å². The molecule has 0 fully saturated rings. The lowest BCUT2D eigenvalue weighted by Gasteiger charge is -2.07. The largest absolute Gasteiger partial charge is 0.489 e. The summed E-state index contributed by atoms with van der Waals surface area (Å²) >= 11 is 5.14. The van der Waals surface area contributed by atoms with Crippen molar-refractivity contribution in [2.75, 3.05) is 5.32 Å². The average Bonchev–Trinajstić information content (AvgIpc) is 2.70. The van der Waals surface area contributed by atoms with Crippen molar-refractivity contribution in [2.24, 2.45) is 5.10 Å². The van der Waals surface area contributed by atoms with E-state index in [0.29, 0.717) is 17.4 Å². The molecule has 4 nitrogen and oxygen atoms in total. The zero-order valence-corrected chi connectivity index (χ0v) is 15.2. The van der Waals surface area contributed by atoms with Crippen molar-refractivity contribution in [1.29, 1.82) is 0 Å². The van der Waals surface area contributed by atoms with E-state index in [9.17, 15) is 4.39 Å². The van der Waals surface area contributed by atoms with Crippen LogP contribution >= 0.6 is 12.2 Å². The van der Waals surface area contributed by atoms with Crippen molar-refractivity contribution in [3.63, 3.8) is 0 Å². The van der Waals surface area contributed by atoms with Crippen molar-refractivity contribution >= 4 is 29.2 Å². The van der Waals surface area contributed by atoms with Crippen LogP contribution in [-0.2, 0) is 6.61 Å². The summed E-state index contributed by atoms with van der Waals surface area (Å²) in [5.41, 5.74) is 5.43. The van der Waals surface area contributed by atoms with E-state index in [-0.39, 0.29) is 5.82 Å². The Morgan fingerprint density at radius 3 is 2.37 bits per heavy atom. The van der Waals surface area contributed by atoms with E-state index in [0.717, 1.165) is 16.9 Å². The van der Waals surface area contributed by atoms with Crippen molar-refractivity contribution in [3.05, 3.63) is 95.8 Å². The number of nitrogens with zero attached hydrogens (tertiary/aromatic N) is 1. The second-order valence-electron chi connectivity index (χ2n) is 5.67. The van der Waals surface area contributed by atoms with Crippen LogP contribution in [0.5, 0.6) is 5.75 Å². The molecule has 0 radical (unpaired) electrons. The third kappa shape index (κ3) is 6.20. The molecule has 0 saturated heterocycles. The molecular weight excluding hydrogens is 361 g/mol. The molecular formula is C21H18FN3OS. The quantitative estimate of drug-likeness (QED) is 0.369. The highest BCUT2D eigenvalue weighted by Gasteiger charge is 1.98. The second-order valence-corrected chi connectivity index (χ2v) is 6.08. The van der Waals surface area contributed by atoms with Crippen LogP contribution in [0.25, 0.3) is 0 Å². The molecule has 0 aliphatic heterocycles. The molecule has 0 saturated carbocycles. The SMILES string of the molecule is Fc1ccc(NC(=S)N/N=C/c2ccc(OCc3ccccc3)cc2)cc1. The summed E-state index contributed by atoms with van der Waals surface area (Å²) in [7, 11) is 0. The number of rotatable bonds is 6. The highest BCUT2D eigenvalue weighted by atomic mass is 32.1. The summed E-state index contributed by atoms with van der Waals surface area (Å²) in [5.74, 6) is 0.492. The maximum Gasteiger partial charge on any atom is 0.191 e. The topological polar surface area (TPSA) is 45.7 Å². The van der Waals surface area contributed by atoms with E-state index < -0.39 is 0 Å². The molecule has 2 N–H and O–H groups in total. The molecule has 0 bridgehead atoms.